The smallest absolute Gasteiger partial charge is 0.128 e. The summed E-state index contributed by atoms with van der Waals surface area (Å²) in [4.78, 5) is 1.53. The van der Waals surface area contributed by atoms with E-state index in [1.807, 2.05) is 0 Å². The van der Waals surface area contributed by atoms with Gasteiger partial charge in [0.15, 0.2) is 0 Å². The van der Waals surface area contributed by atoms with Crippen LogP contribution >= 0.6 is 0 Å². The minimum absolute atomic E-state index is 0.889. The fourth-order valence-corrected chi connectivity index (χ4v) is 0.763. The lowest BCUT2D eigenvalue weighted by Gasteiger charge is -2.23. The first-order chi connectivity index (χ1) is 6.33. The number of ether oxygens (including phenoxy) is 1. The summed E-state index contributed by atoms with van der Waals surface area (Å²) in [5.41, 5.74) is 0. The zero-order valence-corrected chi connectivity index (χ0v) is 11.2. The van der Waals surface area contributed by atoms with Crippen LogP contribution in [0, 0.1) is 0 Å². The van der Waals surface area contributed by atoms with Gasteiger partial charge in [-0.3, -0.25) is 0 Å². The fraction of sp³-hybridized carbons (Fsp3) is 1.00. The molecular formula is C11H30N2O+2. The zero-order valence-electron chi connectivity index (χ0n) is 11.2. The number of likely N-dealkylation sites (N-methyl/N-ethyl adjacent to an activating group) is 2. The van der Waals surface area contributed by atoms with Crippen molar-refractivity contribution in [2.45, 2.75) is 13.3 Å². The number of nitrogens with one attached hydrogen (secondary N) is 1. The second-order valence-corrected chi connectivity index (χ2v) is 4.96. The van der Waals surface area contributed by atoms with Crippen LogP contribution in [0.2, 0.25) is 0 Å². The molecule has 0 aromatic heterocycles. The molecule has 3 nitrogen and oxygen atoms in total. The van der Waals surface area contributed by atoms with E-state index in [0.29, 0.717) is 0 Å². The highest BCUT2D eigenvalue weighted by Gasteiger charge is 2.07. The normalized spacial score (nSPS) is 11.1. The number of hydrogen-bond acceptors (Lipinski definition) is 1. The molecule has 0 aromatic rings. The molecule has 0 bridgehead atoms. The Hall–Kier alpha value is -0.120. The summed E-state index contributed by atoms with van der Waals surface area (Å²) >= 11 is 0. The van der Waals surface area contributed by atoms with Crippen molar-refractivity contribution in [2.24, 2.45) is 0 Å². The van der Waals surface area contributed by atoms with E-state index in [0.717, 1.165) is 17.5 Å². The molecule has 0 heterocycles. The van der Waals surface area contributed by atoms with Crippen LogP contribution in [0.5, 0.6) is 0 Å². The molecule has 3 heteroatoms. The van der Waals surface area contributed by atoms with Gasteiger partial charge in [0.1, 0.15) is 13.1 Å². The van der Waals surface area contributed by atoms with E-state index in [4.69, 9.17) is 4.74 Å². The van der Waals surface area contributed by atoms with Crippen molar-refractivity contribution in [3.05, 3.63) is 0 Å². The highest BCUT2D eigenvalue weighted by molar-refractivity contribution is 4.21. The van der Waals surface area contributed by atoms with Crippen molar-refractivity contribution >= 4 is 0 Å². The average molecular weight is 206 g/mol. The summed E-state index contributed by atoms with van der Waals surface area (Å²) in [5, 5.41) is 0. The van der Waals surface area contributed by atoms with E-state index in [2.05, 4.69) is 42.2 Å². The molecule has 1 N–H and O–H groups in total. The van der Waals surface area contributed by atoms with E-state index in [1.54, 1.807) is 7.11 Å². The first kappa shape index (κ1) is 16.3. The molecule has 0 amide bonds. The Kier molecular flexibility index (Phi) is 11.0. The number of methoxy groups -OCH3 is 1. The van der Waals surface area contributed by atoms with E-state index in [1.165, 1.54) is 18.0 Å². The number of rotatable bonds is 5. The zero-order chi connectivity index (χ0) is 11.6. The van der Waals surface area contributed by atoms with Crippen LogP contribution < -0.4 is 4.90 Å². The standard InChI is InChI=1S/C7H19N2.C4H10O/c1-8(2)6-7-9(3,4)5;1-3-4-5-2/h6-7H2,1-5H3;3-4H2,1-2H3/q+1;/p+1. The van der Waals surface area contributed by atoms with E-state index < -0.39 is 0 Å². The van der Waals surface area contributed by atoms with Gasteiger partial charge in [0.25, 0.3) is 0 Å². The first-order valence-electron chi connectivity index (χ1n) is 5.42. The van der Waals surface area contributed by atoms with Gasteiger partial charge < -0.3 is 14.1 Å². The summed E-state index contributed by atoms with van der Waals surface area (Å²) in [7, 11) is 12.8. The lowest BCUT2D eigenvalue weighted by molar-refractivity contribution is -0.923. The molecule has 0 spiro atoms. The van der Waals surface area contributed by atoms with Gasteiger partial charge in [-0.2, -0.15) is 0 Å². The second kappa shape index (κ2) is 9.44. The molecule has 0 aromatic carbocycles. The highest BCUT2D eigenvalue weighted by Crippen LogP contribution is 1.83. The highest BCUT2D eigenvalue weighted by atomic mass is 16.5. The predicted octanol–water partition coefficient (Wildman–Crippen LogP) is -0.120. The topological polar surface area (TPSA) is 13.7 Å². The Balaban J connectivity index is 0. The minimum atomic E-state index is 0.889. The van der Waals surface area contributed by atoms with Crippen LogP contribution in [0.3, 0.4) is 0 Å². The predicted molar refractivity (Wildman–Crippen MR) is 62.7 cm³/mol. The fourth-order valence-electron chi connectivity index (χ4n) is 0.763. The molecule has 88 valence electrons. The molecule has 0 fully saturated rings. The molecule has 0 atom stereocenters. The largest absolute Gasteiger partial charge is 0.385 e. The Bertz CT molecular complexity index is 106. The third kappa shape index (κ3) is 22.6. The van der Waals surface area contributed by atoms with Crippen molar-refractivity contribution < 1.29 is 14.1 Å². The van der Waals surface area contributed by atoms with Crippen LogP contribution in [-0.4, -0.2) is 66.5 Å². The maximum absolute atomic E-state index is 4.69. The van der Waals surface area contributed by atoms with Crippen LogP contribution in [0.25, 0.3) is 0 Å². The summed E-state index contributed by atoms with van der Waals surface area (Å²) in [5.74, 6) is 0. The molecule has 14 heavy (non-hydrogen) atoms. The SMILES string of the molecule is CCCOC.C[NH+](C)CC[N+](C)(C)C. The molecule has 0 radical (unpaired) electrons. The number of nitrogens with zero attached hydrogens (tertiary/aromatic N) is 1. The molecule has 0 saturated heterocycles. The van der Waals surface area contributed by atoms with Crippen molar-refractivity contribution in [3.8, 4) is 0 Å². The molecule has 0 aliphatic rings. The minimum Gasteiger partial charge on any atom is -0.385 e. The Morgan fingerprint density at radius 2 is 1.64 bits per heavy atom. The Morgan fingerprint density at radius 3 is 1.71 bits per heavy atom. The quantitative estimate of drug-likeness (QED) is 0.619. The summed E-state index contributed by atoms with van der Waals surface area (Å²) in [6, 6.07) is 0. The van der Waals surface area contributed by atoms with Crippen molar-refractivity contribution in [1.29, 1.82) is 0 Å². The van der Waals surface area contributed by atoms with Crippen molar-refractivity contribution in [2.75, 3.05) is 62.0 Å². The summed E-state index contributed by atoms with van der Waals surface area (Å²) < 4.78 is 5.77. The van der Waals surface area contributed by atoms with E-state index in [9.17, 15) is 0 Å². The van der Waals surface area contributed by atoms with Gasteiger partial charge in [0.05, 0.1) is 35.2 Å². The van der Waals surface area contributed by atoms with Gasteiger partial charge in [0, 0.05) is 13.7 Å². The third-order valence-electron chi connectivity index (χ3n) is 1.69. The van der Waals surface area contributed by atoms with Gasteiger partial charge in [-0.25, -0.2) is 0 Å². The third-order valence-corrected chi connectivity index (χ3v) is 1.69. The molecule has 0 saturated carbocycles. The molecule has 0 unspecified atom stereocenters. The Morgan fingerprint density at radius 1 is 1.14 bits per heavy atom. The molecule has 0 aliphatic heterocycles. The van der Waals surface area contributed by atoms with E-state index in [-0.39, 0.29) is 0 Å². The number of hydrogen-bond donors (Lipinski definition) is 1. The van der Waals surface area contributed by atoms with Crippen LogP contribution in [0.15, 0.2) is 0 Å². The molecule has 0 rings (SSSR count). The van der Waals surface area contributed by atoms with Gasteiger partial charge in [-0.05, 0) is 6.42 Å². The van der Waals surface area contributed by atoms with Gasteiger partial charge in [-0.1, -0.05) is 6.92 Å². The van der Waals surface area contributed by atoms with Gasteiger partial charge >= 0.3 is 0 Å². The van der Waals surface area contributed by atoms with Gasteiger partial charge in [-0.15, -0.1) is 0 Å². The maximum Gasteiger partial charge on any atom is 0.128 e. The molecular weight excluding hydrogens is 176 g/mol. The summed E-state index contributed by atoms with van der Waals surface area (Å²) in [6.07, 6.45) is 1.12. The molecule has 0 aliphatic carbocycles. The van der Waals surface area contributed by atoms with Crippen LogP contribution in [0.4, 0.5) is 0 Å². The summed E-state index contributed by atoms with van der Waals surface area (Å²) in [6.45, 7) is 5.48. The van der Waals surface area contributed by atoms with Crippen LogP contribution in [-0.2, 0) is 4.74 Å². The second-order valence-electron chi connectivity index (χ2n) is 4.96. The Labute approximate surface area is 90.2 Å². The van der Waals surface area contributed by atoms with Crippen LogP contribution in [0.1, 0.15) is 13.3 Å². The average Bonchev–Trinajstić information content (AvgIpc) is 2.02. The lowest BCUT2D eigenvalue weighted by Crippen LogP contribution is -3.06. The lowest BCUT2D eigenvalue weighted by atomic mass is 10.5. The van der Waals surface area contributed by atoms with Crippen molar-refractivity contribution in [1.82, 2.24) is 0 Å². The first-order valence-corrected chi connectivity index (χ1v) is 5.42. The maximum atomic E-state index is 4.69. The monoisotopic (exact) mass is 206 g/mol. The van der Waals surface area contributed by atoms with Gasteiger partial charge in [0.2, 0.25) is 0 Å². The number of quaternary nitrogens is 2. The van der Waals surface area contributed by atoms with Crippen molar-refractivity contribution in [3.63, 3.8) is 0 Å². The van der Waals surface area contributed by atoms with E-state index >= 15 is 0 Å².